The van der Waals surface area contributed by atoms with E-state index in [1.54, 1.807) is 14.8 Å². The number of ketones is 1. The summed E-state index contributed by atoms with van der Waals surface area (Å²) < 4.78 is 36.6. The molecule has 1 atom stereocenters. The Morgan fingerprint density at radius 2 is 1.73 bits per heavy atom. The molecule has 0 saturated heterocycles. The third-order valence-electron chi connectivity index (χ3n) is 2.02. The monoisotopic (exact) mass is 214 g/mol. The van der Waals surface area contributed by atoms with E-state index in [1.807, 2.05) is 0 Å². The fourth-order valence-corrected chi connectivity index (χ4v) is 1.16. The van der Waals surface area contributed by atoms with E-state index in [9.17, 15) is 18.0 Å². The fourth-order valence-electron chi connectivity index (χ4n) is 1.16. The highest BCUT2D eigenvalue weighted by Gasteiger charge is 2.30. The highest BCUT2D eigenvalue weighted by molar-refractivity contribution is 6.27. The maximum Gasteiger partial charge on any atom is 0.416 e. The number of carbonyl (C=O) groups excluding carboxylic acids is 1. The van der Waals surface area contributed by atoms with Gasteiger partial charge in [0, 0.05) is 5.56 Å². The summed E-state index contributed by atoms with van der Waals surface area (Å²) >= 11 is 0. The highest BCUT2D eigenvalue weighted by Crippen LogP contribution is 2.29. The topological polar surface area (TPSA) is 17.1 Å². The minimum atomic E-state index is -4.35. The van der Waals surface area contributed by atoms with Gasteiger partial charge in [0.25, 0.3) is 0 Å². The molecule has 0 fully saturated rings. The fraction of sp³-hybridized carbons (Fsp3) is 0.300. The van der Waals surface area contributed by atoms with Gasteiger partial charge in [-0.15, -0.1) is 0 Å². The van der Waals surface area contributed by atoms with Crippen LogP contribution >= 0.6 is 0 Å². The van der Waals surface area contributed by atoms with Crippen LogP contribution < -0.4 is 0 Å². The lowest BCUT2D eigenvalue weighted by Gasteiger charge is -2.08. The molecule has 0 amide bonds. The molecule has 0 aliphatic heterocycles. The molecule has 0 spiro atoms. The van der Waals surface area contributed by atoms with Gasteiger partial charge in [-0.3, -0.25) is 4.79 Å². The van der Waals surface area contributed by atoms with Gasteiger partial charge in [0.2, 0.25) is 0 Å². The first-order valence-electron chi connectivity index (χ1n) is 4.54. The van der Waals surface area contributed by atoms with Crippen molar-refractivity contribution in [1.29, 1.82) is 0 Å². The minimum absolute atomic E-state index is 0.149. The van der Waals surface area contributed by atoms with Gasteiger partial charge in [-0.25, -0.2) is 0 Å². The van der Waals surface area contributed by atoms with Gasteiger partial charge >= 0.3 is 6.18 Å². The Morgan fingerprint density at radius 1 is 1.27 bits per heavy atom. The molecule has 1 aromatic carbocycles. The summed E-state index contributed by atoms with van der Waals surface area (Å²) in [5.41, 5.74) is -0.416. The smallest absolute Gasteiger partial charge is 0.295 e. The van der Waals surface area contributed by atoms with Crippen LogP contribution in [0, 0.1) is 0 Å². The average molecular weight is 214 g/mol. The predicted molar refractivity (Wildman–Crippen MR) is 53.7 cm³/mol. The molecule has 0 bridgehead atoms. The lowest BCUT2D eigenvalue weighted by Crippen LogP contribution is -2.08. The van der Waals surface area contributed by atoms with Gasteiger partial charge in [-0.05, 0) is 17.9 Å². The number of hydrogen-bond acceptors (Lipinski definition) is 1. The van der Waals surface area contributed by atoms with E-state index in [1.165, 1.54) is 12.1 Å². The molecule has 0 saturated carbocycles. The van der Waals surface area contributed by atoms with Crippen LogP contribution in [0.3, 0.4) is 0 Å². The van der Waals surface area contributed by atoms with Crippen LogP contribution in [-0.2, 0) is 6.18 Å². The van der Waals surface area contributed by atoms with Crippen molar-refractivity contribution in [3.63, 3.8) is 0 Å². The Balaban J connectivity index is 2.96. The Kier molecular flexibility index (Phi) is 3.22. The van der Waals surface area contributed by atoms with E-state index in [2.05, 4.69) is 0 Å². The number of alkyl halides is 3. The van der Waals surface area contributed by atoms with Gasteiger partial charge in [0.15, 0.2) is 5.78 Å². The lowest BCUT2D eigenvalue weighted by atomic mass is 9.83. The van der Waals surface area contributed by atoms with Gasteiger partial charge in [-0.2, -0.15) is 13.2 Å². The van der Waals surface area contributed by atoms with Crippen molar-refractivity contribution in [2.75, 3.05) is 0 Å². The molecule has 0 aliphatic carbocycles. The number of halogens is 3. The van der Waals surface area contributed by atoms with Crippen molar-refractivity contribution >= 4 is 13.6 Å². The quantitative estimate of drug-likeness (QED) is 0.545. The van der Waals surface area contributed by atoms with Crippen LogP contribution in [0.2, 0.25) is 5.82 Å². The minimum Gasteiger partial charge on any atom is -0.295 e. The number of carbonyl (C=O) groups is 1. The third-order valence-corrected chi connectivity index (χ3v) is 2.02. The zero-order valence-corrected chi connectivity index (χ0v) is 8.43. The van der Waals surface area contributed by atoms with Crippen molar-refractivity contribution in [1.82, 2.24) is 0 Å². The zero-order chi connectivity index (χ0) is 11.6. The first-order chi connectivity index (χ1) is 6.82. The summed E-state index contributed by atoms with van der Waals surface area (Å²) in [6, 6.07) is 4.28. The Labute approximate surface area is 86.7 Å². The summed E-state index contributed by atoms with van der Waals surface area (Å²) in [6.45, 7) is 1.71. The van der Waals surface area contributed by atoms with Crippen LogP contribution in [-0.4, -0.2) is 13.6 Å². The third kappa shape index (κ3) is 2.84. The largest absolute Gasteiger partial charge is 0.416 e. The Morgan fingerprint density at radius 3 is 2.07 bits per heavy atom. The van der Waals surface area contributed by atoms with E-state index in [0.29, 0.717) is 5.56 Å². The second-order valence-electron chi connectivity index (χ2n) is 3.59. The van der Waals surface area contributed by atoms with Crippen molar-refractivity contribution in [3.05, 3.63) is 35.4 Å². The molecule has 0 aliphatic rings. The average Bonchev–Trinajstić information content (AvgIpc) is 2.15. The van der Waals surface area contributed by atoms with Gasteiger partial charge in [0.1, 0.15) is 7.85 Å². The number of hydrogen-bond donors (Lipinski definition) is 0. The van der Waals surface area contributed by atoms with Crippen molar-refractivity contribution < 1.29 is 18.0 Å². The number of rotatable bonds is 2. The predicted octanol–water partition coefficient (Wildman–Crippen LogP) is 2.33. The molecule has 1 rings (SSSR count). The molecule has 1 aromatic rings. The molecule has 0 heterocycles. The second kappa shape index (κ2) is 4.09. The zero-order valence-electron chi connectivity index (χ0n) is 8.43. The van der Waals surface area contributed by atoms with Gasteiger partial charge < -0.3 is 0 Å². The maximum atomic E-state index is 12.2. The van der Waals surface area contributed by atoms with Gasteiger partial charge in [0.05, 0.1) is 5.56 Å². The maximum absolute atomic E-state index is 12.2. The van der Waals surface area contributed by atoms with E-state index in [0.717, 1.165) is 12.1 Å². The molecule has 0 radical (unpaired) electrons. The summed E-state index contributed by atoms with van der Waals surface area (Å²) in [4.78, 5) is 11.4. The summed E-state index contributed by atoms with van der Waals surface area (Å²) in [5, 5.41) is 0. The normalized spacial score (nSPS) is 13.6. The molecule has 5 heteroatoms. The first-order valence-corrected chi connectivity index (χ1v) is 4.54. The van der Waals surface area contributed by atoms with Gasteiger partial charge in [-0.1, -0.05) is 19.1 Å². The van der Waals surface area contributed by atoms with Crippen molar-refractivity contribution in [2.45, 2.75) is 18.9 Å². The molecular formula is C10H10BF3O. The molecule has 0 aromatic heterocycles. The summed E-state index contributed by atoms with van der Waals surface area (Å²) in [6.07, 6.45) is -4.35. The Hall–Kier alpha value is -1.26. The van der Waals surface area contributed by atoms with E-state index in [4.69, 9.17) is 0 Å². The first kappa shape index (κ1) is 11.8. The van der Waals surface area contributed by atoms with E-state index >= 15 is 0 Å². The highest BCUT2D eigenvalue weighted by atomic mass is 19.4. The van der Waals surface area contributed by atoms with Crippen LogP contribution in [0.5, 0.6) is 0 Å². The van der Waals surface area contributed by atoms with Crippen LogP contribution in [0.1, 0.15) is 22.8 Å². The van der Waals surface area contributed by atoms with E-state index in [-0.39, 0.29) is 11.6 Å². The Bertz CT molecular complexity index is 354. The summed E-state index contributed by atoms with van der Waals surface area (Å²) in [5.74, 6) is -0.356. The molecule has 1 nitrogen and oxygen atoms in total. The number of Topliss-reactive ketones (excluding diaryl/α,β-unsaturated/α-hetero) is 1. The lowest BCUT2D eigenvalue weighted by molar-refractivity contribution is -0.137. The van der Waals surface area contributed by atoms with Crippen LogP contribution in [0.4, 0.5) is 13.2 Å². The molecule has 80 valence electrons. The summed E-state index contributed by atoms with van der Waals surface area (Å²) in [7, 11) is 1.71. The SMILES string of the molecule is BC(C)C(=O)c1ccc(C(F)(F)F)cc1. The number of benzene rings is 1. The molecule has 15 heavy (non-hydrogen) atoms. The van der Waals surface area contributed by atoms with E-state index < -0.39 is 11.7 Å². The molecule has 1 unspecified atom stereocenters. The van der Waals surface area contributed by atoms with Crippen LogP contribution in [0.15, 0.2) is 24.3 Å². The van der Waals surface area contributed by atoms with Crippen molar-refractivity contribution in [3.8, 4) is 0 Å². The molecular weight excluding hydrogens is 204 g/mol. The standard InChI is InChI=1S/C10H10BF3O/c1-6(11)9(15)7-2-4-8(5-3-7)10(12,13)14/h2-6H,11H2,1H3. The molecule has 0 N–H and O–H groups in total. The van der Waals surface area contributed by atoms with Crippen molar-refractivity contribution in [2.24, 2.45) is 0 Å². The second-order valence-corrected chi connectivity index (χ2v) is 3.59. The van der Waals surface area contributed by atoms with Crippen LogP contribution in [0.25, 0.3) is 0 Å².